The van der Waals surface area contributed by atoms with Gasteiger partial charge in [-0.1, -0.05) is 42.5 Å². The number of fused-ring (bicyclic) bond motifs is 1. The molecule has 5 aromatic rings. The number of pyridine rings is 1. The summed E-state index contributed by atoms with van der Waals surface area (Å²) < 4.78 is 15.6. The number of carbonyl (C=O) groups excluding carboxylic acids is 1. The van der Waals surface area contributed by atoms with Crippen molar-refractivity contribution in [1.82, 2.24) is 24.8 Å². The van der Waals surface area contributed by atoms with Gasteiger partial charge in [0.05, 0.1) is 5.56 Å². The Balaban J connectivity index is 1.61. The maximum absolute atomic E-state index is 14.5. The molecule has 0 spiro atoms. The lowest BCUT2D eigenvalue weighted by molar-refractivity contribution is 0.101. The average Bonchev–Trinajstić information content (AvgIpc) is 3.30. The van der Waals surface area contributed by atoms with Gasteiger partial charge in [-0.15, -0.1) is 0 Å². The van der Waals surface area contributed by atoms with Crippen LogP contribution in [-0.2, 0) is 12.8 Å². The van der Waals surface area contributed by atoms with Gasteiger partial charge in [0.2, 0.25) is 0 Å². The number of aromatic amines is 1. The van der Waals surface area contributed by atoms with E-state index in [4.69, 9.17) is 0 Å². The Morgan fingerprint density at radius 2 is 1.79 bits per heavy atom. The second-order valence-corrected chi connectivity index (χ2v) is 7.61. The summed E-state index contributed by atoms with van der Waals surface area (Å²) in [7, 11) is 0. The minimum absolute atomic E-state index is 0.0631. The number of aryl methyl sites for hydroxylation is 2. The molecular weight excluding hydrogens is 435 g/mol. The van der Waals surface area contributed by atoms with Gasteiger partial charge in [0.1, 0.15) is 22.9 Å². The van der Waals surface area contributed by atoms with E-state index in [1.807, 2.05) is 30.3 Å². The molecular formula is C25H19FN6O2. The molecule has 3 aromatic heterocycles. The highest BCUT2D eigenvalue weighted by atomic mass is 19.1. The van der Waals surface area contributed by atoms with Crippen LogP contribution >= 0.6 is 0 Å². The smallest absolute Gasteiger partial charge is 0.270 e. The molecule has 0 aliphatic heterocycles. The summed E-state index contributed by atoms with van der Waals surface area (Å²) in [6.07, 6.45) is 3.89. The van der Waals surface area contributed by atoms with Crippen molar-refractivity contribution in [2.45, 2.75) is 12.8 Å². The lowest BCUT2D eigenvalue weighted by Crippen LogP contribution is -2.36. The molecule has 0 aliphatic rings. The second kappa shape index (κ2) is 9.07. The molecule has 0 bridgehead atoms. The van der Waals surface area contributed by atoms with Gasteiger partial charge in [-0.05, 0) is 36.2 Å². The van der Waals surface area contributed by atoms with Crippen molar-refractivity contribution >= 4 is 16.9 Å². The van der Waals surface area contributed by atoms with E-state index in [0.29, 0.717) is 24.2 Å². The highest BCUT2D eigenvalue weighted by molar-refractivity contribution is 6.00. The van der Waals surface area contributed by atoms with Crippen LogP contribution in [0.5, 0.6) is 0 Å². The monoisotopic (exact) mass is 454 g/mol. The third-order valence-electron chi connectivity index (χ3n) is 5.40. The Labute approximate surface area is 193 Å². The molecule has 0 radical (unpaired) electrons. The zero-order chi connectivity index (χ0) is 23.5. The van der Waals surface area contributed by atoms with Crippen molar-refractivity contribution < 1.29 is 9.18 Å². The van der Waals surface area contributed by atoms with E-state index in [1.54, 1.807) is 36.5 Å². The first-order valence-corrected chi connectivity index (χ1v) is 10.6. The summed E-state index contributed by atoms with van der Waals surface area (Å²) in [6.45, 7) is 0. The van der Waals surface area contributed by atoms with Gasteiger partial charge in [0.25, 0.3) is 11.5 Å². The van der Waals surface area contributed by atoms with Crippen LogP contribution in [0.15, 0.2) is 83.9 Å². The van der Waals surface area contributed by atoms with E-state index in [2.05, 4.69) is 25.6 Å². The number of hydrogen-bond acceptors (Lipinski definition) is 5. The highest BCUT2D eigenvalue weighted by Gasteiger charge is 2.21. The summed E-state index contributed by atoms with van der Waals surface area (Å²) in [6, 6.07) is 19.1. The van der Waals surface area contributed by atoms with Crippen LogP contribution in [-0.4, -0.2) is 30.7 Å². The molecule has 168 valence electrons. The van der Waals surface area contributed by atoms with Crippen molar-refractivity contribution in [2.75, 3.05) is 5.43 Å². The molecule has 1 amide bonds. The second-order valence-electron chi connectivity index (χ2n) is 7.61. The topological polar surface area (TPSA) is 106 Å². The van der Waals surface area contributed by atoms with E-state index in [-0.39, 0.29) is 22.3 Å². The Kier molecular flexibility index (Phi) is 5.65. The van der Waals surface area contributed by atoms with E-state index >= 15 is 0 Å². The first kappa shape index (κ1) is 21.2. The Morgan fingerprint density at radius 3 is 2.56 bits per heavy atom. The summed E-state index contributed by atoms with van der Waals surface area (Å²) in [5, 5.41) is 6.82. The fourth-order valence-corrected chi connectivity index (χ4v) is 3.69. The minimum Gasteiger partial charge on any atom is -0.270 e. The van der Waals surface area contributed by atoms with Crippen LogP contribution < -0.4 is 11.0 Å². The predicted octanol–water partition coefficient (Wildman–Crippen LogP) is 3.49. The fraction of sp³-hybridized carbons (Fsp3) is 0.0800. The van der Waals surface area contributed by atoms with Gasteiger partial charge < -0.3 is 0 Å². The van der Waals surface area contributed by atoms with Gasteiger partial charge >= 0.3 is 0 Å². The molecule has 3 heterocycles. The van der Waals surface area contributed by atoms with E-state index in [0.717, 1.165) is 10.2 Å². The van der Waals surface area contributed by atoms with Crippen molar-refractivity contribution in [3.63, 3.8) is 0 Å². The van der Waals surface area contributed by atoms with E-state index in [1.165, 1.54) is 12.3 Å². The van der Waals surface area contributed by atoms with Crippen LogP contribution in [0.2, 0.25) is 0 Å². The quantitative estimate of drug-likeness (QED) is 0.409. The Hall–Kier alpha value is -4.66. The van der Waals surface area contributed by atoms with E-state index in [9.17, 15) is 14.0 Å². The normalized spacial score (nSPS) is 11.0. The number of H-pyrrole nitrogens is 1. The number of nitrogens with one attached hydrogen (secondary N) is 2. The fourth-order valence-electron chi connectivity index (χ4n) is 3.69. The van der Waals surface area contributed by atoms with Crippen LogP contribution in [0.1, 0.15) is 21.7 Å². The van der Waals surface area contributed by atoms with Crippen LogP contribution in [0.3, 0.4) is 0 Å². The summed E-state index contributed by atoms with van der Waals surface area (Å²) in [5.41, 5.74) is 4.19. The molecule has 2 aromatic carbocycles. The van der Waals surface area contributed by atoms with Gasteiger partial charge in [0.15, 0.2) is 5.52 Å². The van der Waals surface area contributed by atoms with Gasteiger partial charge in [-0.25, -0.2) is 14.1 Å². The third kappa shape index (κ3) is 4.06. The first-order valence-electron chi connectivity index (χ1n) is 10.6. The molecule has 0 aliphatic carbocycles. The molecule has 0 atom stereocenters. The average molecular weight is 454 g/mol. The molecule has 0 saturated carbocycles. The molecule has 0 fully saturated rings. The van der Waals surface area contributed by atoms with Crippen LogP contribution in [0.4, 0.5) is 4.39 Å². The van der Waals surface area contributed by atoms with Crippen LogP contribution in [0, 0.1) is 5.82 Å². The molecule has 2 N–H and O–H groups in total. The molecule has 0 unspecified atom stereocenters. The summed E-state index contributed by atoms with van der Waals surface area (Å²) >= 11 is 0. The number of rotatable bonds is 6. The first-order chi connectivity index (χ1) is 16.6. The molecule has 5 rings (SSSR count). The third-order valence-corrected chi connectivity index (χ3v) is 5.40. The Bertz CT molecular complexity index is 1530. The lowest BCUT2D eigenvalue weighted by atomic mass is 10.1. The summed E-state index contributed by atoms with van der Waals surface area (Å²) in [5.74, 6) is -0.665. The van der Waals surface area contributed by atoms with Crippen molar-refractivity contribution in [3.05, 3.63) is 112 Å². The zero-order valence-electron chi connectivity index (χ0n) is 17.9. The van der Waals surface area contributed by atoms with Crippen LogP contribution in [0.25, 0.3) is 22.3 Å². The molecule has 9 heteroatoms. The Morgan fingerprint density at radius 1 is 1.00 bits per heavy atom. The van der Waals surface area contributed by atoms with Crippen molar-refractivity contribution in [2.24, 2.45) is 0 Å². The highest BCUT2D eigenvalue weighted by Crippen LogP contribution is 2.26. The van der Waals surface area contributed by atoms with Gasteiger partial charge in [-0.2, -0.15) is 5.10 Å². The summed E-state index contributed by atoms with van der Waals surface area (Å²) in [4.78, 5) is 34.8. The van der Waals surface area contributed by atoms with Crippen molar-refractivity contribution in [3.8, 4) is 11.3 Å². The van der Waals surface area contributed by atoms with Crippen molar-refractivity contribution in [1.29, 1.82) is 0 Å². The predicted molar refractivity (Wildman–Crippen MR) is 125 cm³/mol. The maximum atomic E-state index is 14.5. The number of benzene rings is 2. The standard InChI is InChI=1S/C25H19FN6O2/c26-19-11-5-4-10-18(19)21-22-23(30-29-21)25(34)32(31-24(33)17-9-6-14-27-15-17)20(28-22)13-12-16-7-2-1-3-8-16/h1-11,14-15H,12-13H2,(H,29,30)(H,31,33). The maximum Gasteiger partial charge on any atom is 0.298 e. The number of hydrogen-bond donors (Lipinski definition) is 2. The minimum atomic E-state index is -0.541. The van der Waals surface area contributed by atoms with Gasteiger partial charge in [-0.3, -0.25) is 25.1 Å². The SMILES string of the molecule is O=C(Nn1c(CCc2ccccc2)nc2c(-c3ccccc3F)n[nH]c2c1=O)c1cccnc1. The zero-order valence-corrected chi connectivity index (χ0v) is 17.9. The molecule has 34 heavy (non-hydrogen) atoms. The number of aromatic nitrogens is 5. The van der Waals surface area contributed by atoms with Gasteiger partial charge in [0, 0.05) is 24.4 Å². The molecule has 8 nitrogen and oxygen atoms in total. The molecule has 0 saturated heterocycles. The van der Waals surface area contributed by atoms with E-state index < -0.39 is 17.3 Å². The number of carbonyl (C=O) groups is 1. The number of halogens is 1. The lowest BCUT2D eigenvalue weighted by Gasteiger charge is -2.14. The largest absolute Gasteiger partial charge is 0.298 e. The number of nitrogens with zero attached hydrogens (tertiary/aromatic N) is 4. The number of amides is 1.